The van der Waals surface area contributed by atoms with Crippen LogP contribution >= 0.6 is 0 Å². The molecule has 0 aliphatic heterocycles. The maximum Gasteiger partial charge on any atom is 0.236 e. The Kier molecular flexibility index (Phi) is 6.39. The van der Waals surface area contributed by atoms with E-state index in [0.29, 0.717) is 5.92 Å². The van der Waals surface area contributed by atoms with Crippen molar-refractivity contribution in [3.63, 3.8) is 0 Å². The lowest BCUT2D eigenvalue weighted by molar-refractivity contribution is -0.116. The van der Waals surface area contributed by atoms with Crippen LogP contribution in [0.2, 0.25) is 0 Å². The molecule has 0 aliphatic rings. The highest BCUT2D eigenvalue weighted by molar-refractivity contribution is 5.79. The van der Waals surface area contributed by atoms with E-state index < -0.39 is 0 Å². The van der Waals surface area contributed by atoms with Gasteiger partial charge in [-0.3, -0.25) is 4.79 Å². The number of hydrogen-bond donors (Lipinski definition) is 2. The molecular weight excluding hydrogens is 266 g/mol. The van der Waals surface area contributed by atoms with E-state index in [-0.39, 0.29) is 12.5 Å². The van der Waals surface area contributed by atoms with Gasteiger partial charge in [0, 0.05) is 25.6 Å². The van der Waals surface area contributed by atoms with Crippen molar-refractivity contribution >= 4 is 17.5 Å². The average Bonchev–Trinajstić information content (AvgIpc) is 2.39. The number of aromatic nitrogens is 2. The molecule has 1 rings (SSSR count). The Balaban J connectivity index is 3.26. The van der Waals surface area contributed by atoms with Crippen molar-refractivity contribution in [2.24, 2.45) is 11.7 Å². The first kappa shape index (κ1) is 17.2. The molecule has 0 unspecified atom stereocenters. The van der Waals surface area contributed by atoms with Gasteiger partial charge in [0.15, 0.2) is 0 Å². The maximum absolute atomic E-state index is 11.4. The van der Waals surface area contributed by atoms with Crippen LogP contribution in [0.4, 0.5) is 11.6 Å². The number of nitrogens with one attached hydrogen (secondary N) is 1. The second-order valence-corrected chi connectivity index (χ2v) is 5.68. The van der Waals surface area contributed by atoms with Crippen LogP contribution in [0.1, 0.15) is 38.6 Å². The quantitative estimate of drug-likeness (QED) is 0.762. The number of carbonyl (C=O) groups excluding carboxylic acids is 1. The largest absolute Gasteiger partial charge is 0.373 e. The molecule has 6 heteroatoms. The minimum absolute atomic E-state index is 0.171. The summed E-state index contributed by atoms with van der Waals surface area (Å²) in [7, 11) is 1.84. The fourth-order valence-electron chi connectivity index (χ4n) is 2.29. The van der Waals surface area contributed by atoms with Crippen molar-refractivity contribution < 1.29 is 4.79 Å². The van der Waals surface area contributed by atoms with Gasteiger partial charge in [-0.05, 0) is 19.3 Å². The molecule has 0 saturated carbocycles. The van der Waals surface area contributed by atoms with Gasteiger partial charge in [0.05, 0.1) is 6.54 Å². The standard InChI is InChI=1S/C15H27N5O/c1-6-7-13-18-14(17-5)11(4)15(19-13)20(8-10(2)3)9-12(16)21/h10H,6-9H2,1-5H3,(H2,16,21)(H,17,18,19). The van der Waals surface area contributed by atoms with Crippen molar-refractivity contribution in [3.8, 4) is 0 Å². The molecule has 0 radical (unpaired) electrons. The molecule has 0 aliphatic carbocycles. The maximum atomic E-state index is 11.4. The summed E-state index contributed by atoms with van der Waals surface area (Å²) in [5.74, 6) is 2.45. The Labute approximate surface area is 127 Å². The average molecular weight is 293 g/mol. The molecule has 0 bridgehead atoms. The van der Waals surface area contributed by atoms with E-state index in [1.807, 2.05) is 18.9 Å². The normalized spacial score (nSPS) is 10.8. The number of nitrogens with zero attached hydrogens (tertiary/aromatic N) is 3. The van der Waals surface area contributed by atoms with Crippen LogP contribution in [0.25, 0.3) is 0 Å². The van der Waals surface area contributed by atoms with Crippen LogP contribution in [0.5, 0.6) is 0 Å². The summed E-state index contributed by atoms with van der Waals surface area (Å²) in [6.45, 7) is 9.18. The SMILES string of the molecule is CCCc1nc(NC)c(C)c(N(CC(N)=O)CC(C)C)n1. The predicted octanol–water partition coefficient (Wildman–Crippen LogP) is 1.73. The zero-order chi connectivity index (χ0) is 16.0. The fraction of sp³-hybridized carbons (Fsp3) is 0.667. The molecule has 0 fully saturated rings. The molecule has 0 spiro atoms. The summed E-state index contributed by atoms with van der Waals surface area (Å²) in [6.07, 6.45) is 1.79. The molecule has 0 aromatic carbocycles. The minimum atomic E-state index is -0.350. The van der Waals surface area contributed by atoms with Gasteiger partial charge < -0.3 is 16.0 Å². The second-order valence-electron chi connectivity index (χ2n) is 5.68. The molecule has 3 N–H and O–H groups in total. The third-order valence-electron chi connectivity index (χ3n) is 3.11. The van der Waals surface area contributed by atoms with Crippen molar-refractivity contribution in [1.29, 1.82) is 0 Å². The Bertz CT molecular complexity index is 487. The first-order valence-corrected chi connectivity index (χ1v) is 7.47. The topological polar surface area (TPSA) is 84.1 Å². The van der Waals surface area contributed by atoms with Crippen LogP contribution < -0.4 is 16.0 Å². The van der Waals surface area contributed by atoms with Crippen LogP contribution in [-0.4, -0.2) is 36.0 Å². The van der Waals surface area contributed by atoms with Gasteiger partial charge in [-0.2, -0.15) is 0 Å². The Hall–Kier alpha value is -1.85. The molecule has 21 heavy (non-hydrogen) atoms. The van der Waals surface area contributed by atoms with Crippen LogP contribution in [-0.2, 0) is 11.2 Å². The van der Waals surface area contributed by atoms with E-state index in [9.17, 15) is 4.79 Å². The molecule has 1 aromatic rings. The molecule has 118 valence electrons. The fourth-order valence-corrected chi connectivity index (χ4v) is 2.29. The van der Waals surface area contributed by atoms with E-state index in [2.05, 4.69) is 36.1 Å². The first-order chi connectivity index (χ1) is 9.88. The van der Waals surface area contributed by atoms with E-state index in [4.69, 9.17) is 5.73 Å². The summed E-state index contributed by atoms with van der Waals surface area (Å²) in [4.78, 5) is 22.5. The monoisotopic (exact) mass is 293 g/mol. The molecular formula is C15H27N5O. The zero-order valence-corrected chi connectivity index (χ0v) is 13.7. The summed E-state index contributed by atoms with van der Waals surface area (Å²) < 4.78 is 0. The predicted molar refractivity (Wildman–Crippen MR) is 86.6 cm³/mol. The van der Waals surface area contributed by atoms with E-state index in [0.717, 1.165) is 42.4 Å². The van der Waals surface area contributed by atoms with Gasteiger partial charge in [-0.15, -0.1) is 0 Å². The van der Waals surface area contributed by atoms with Gasteiger partial charge in [-0.1, -0.05) is 20.8 Å². The van der Waals surface area contributed by atoms with E-state index in [1.54, 1.807) is 0 Å². The highest BCUT2D eigenvalue weighted by Gasteiger charge is 2.18. The summed E-state index contributed by atoms with van der Waals surface area (Å²) in [5.41, 5.74) is 6.33. The lowest BCUT2D eigenvalue weighted by Gasteiger charge is -2.27. The molecule has 1 aromatic heterocycles. The summed E-state index contributed by atoms with van der Waals surface area (Å²) in [5, 5.41) is 3.10. The van der Waals surface area contributed by atoms with Gasteiger partial charge in [0.2, 0.25) is 5.91 Å². The van der Waals surface area contributed by atoms with Gasteiger partial charge in [0.25, 0.3) is 0 Å². The second kappa shape index (κ2) is 7.81. The summed E-state index contributed by atoms with van der Waals surface area (Å²) in [6, 6.07) is 0. The number of carbonyl (C=O) groups is 1. The minimum Gasteiger partial charge on any atom is -0.373 e. The molecule has 0 atom stereocenters. The number of rotatable bonds is 8. The first-order valence-electron chi connectivity index (χ1n) is 7.47. The number of hydrogen-bond acceptors (Lipinski definition) is 5. The number of amides is 1. The van der Waals surface area contributed by atoms with Crippen molar-refractivity contribution in [1.82, 2.24) is 9.97 Å². The van der Waals surface area contributed by atoms with E-state index in [1.165, 1.54) is 0 Å². The van der Waals surface area contributed by atoms with Crippen molar-refractivity contribution in [2.45, 2.75) is 40.5 Å². The Morgan fingerprint density at radius 2 is 2.05 bits per heavy atom. The Morgan fingerprint density at radius 3 is 2.52 bits per heavy atom. The van der Waals surface area contributed by atoms with Crippen molar-refractivity contribution in [2.75, 3.05) is 30.4 Å². The third kappa shape index (κ3) is 4.88. The van der Waals surface area contributed by atoms with Crippen molar-refractivity contribution in [3.05, 3.63) is 11.4 Å². The van der Waals surface area contributed by atoms with Gasteiger partial charge in [-0.25, -0.2) is 9.97 Å². The van der Waals surface area contributed by atoms with Crippen LogP contribution in [0.15, 0.2) is 0 Å². The molecule has 0 saturated heterocycles. The Morgan fingerprint density at radius 1 is 1.38 bits per heavy atom. The molecule has 1 amide bonds. The number of aryl methyl sites for hydroxylation is 1. The zero-order valence-electron chi connectivity index (χ0n) is 13.7. The van der Waals surface area contributed by atoms with Gasteiger partial charge >= 0.3 is 0 Å². The number of nitrogens with two attached hydrogens (primary N) is 1. The lowest BCUT2D eigenvalue weighted by atomic mass is 10.2. The molecule has 1 heterocycles. The smallest absolute Gasteiger partial charge is 0.236 e. The summed E-state index contributed by atoms with van der Waals surface area (Å²) >= 11 is 0. The van der Waals surface area contributed by atoms with Crippen LogP contribution in [0, 0.1) is 12.8 Å². The number of primary amides is 1. The molecule has 6 nitrogen and oxygen atoms in total. The third-order valence-corrected chi connectivity index (χ3v) is 3.11. The van der Waals surface area contributed by atoms with E-state index >= 15 is 0 Å². The highest BCUT2D eigenvalue weighted by atomic mass is 16.1. The lowest BCUT2D eigenvalue weighted by Crippen LogP contribution is -2.37. The van der Waals surface area contributed by atoms with Gasteiger partial charge in [0.1, 0.15) is 17.5 Å². The van der Waals surface area contributed by atoms with Crippen LogP contribution in [0.3, 0.4) is 0 Å². The number of anilines is 2. The highest BCUT2D eigenvalue weighted by Crippen LogP contribution is 2.24.